The molecule has 0 saturated carbocycles. The molecule has 0 radical (unpaired) electrons. The zero-order valence-electron chi connectivity index (χ0n) is 11.5. The van der Waals surface area contributed by atoms with Crippen LogP contribution >= 0.6 is 11.5 Å². The van der Waals surface area contributed by atoms with Crippen LogP contribution in [0.4, 0.5) is 10.8 Å². The standard InChI is InChI=1S/C11H17N7OS/c1-6(2)15-10(19)8-9(12)17-20-11(8)13-4-7-14-5-18(3)16-7/h5-6,13H,4H2,1-3H3,(H2,12,17)(H,15,19). The minimum Gasteiger partial charge on any atom is -0.382 e. The number of nitrogens with one attached hydrogen (secondary N) is 2. The lowest BCUT2D eigenvalue weighted by Crippen LogP contribution is -2.30. The van der Waals surface area contributed by atoms with Crippen LogP contribution in [0, 0.1) is 0 Å². The van der Waals surface area contributed by atoms with Gasteiger partial charge in [-0.3, -0.25) is 9.48 Å². The summed E-state index contributed by atoms with van der Waals surface area (Å²) in [6.45, 7) is 4.18. The van der Waals surface area contributed by atoms with E-state index in [0.717, 1.165) is 11.5 Å². The summed E-state index contributed by atoms with van der Waals surface area (Å²) in [4.78, 5) is 16.2. The fraction of sp³-hybridized carbons (Fsp3) is 0.455. The van der Waals surface area contributed by atoms with Gasteiger partial charge in [0.25, 0.3) is 5.91 Å². The van der Waals surface area contributed by atoms with Gasteiger partial charge in [-0.2, -0.15) is 9.47 Å². The maximum Gasteiger partial charge on any atom is 0.258 e. The average Bonchev–Trinajstić information content (AvgIpc) is 2.92. The van der Waals surface area contributed by atoms with Crippen LogP contribution in [0.15, 0.2) is 6.33 Å². The Bertz CT molecular complexity index is 604. The second kappa shape index (κ2) is 5.87. The van der Waals surface area contributed by atoms with Crippen LogP contribution in [0.1, 0.15) is 30.0 Å². The maximum atomic E-state index is 12.1. The van der Waals surface area contributed by atoms with Crippen molar-refractivity contribution in [2.24, 2.45) is 7.05 Å². The molecule has 0 aromatic carbocycles. The third-order valence-electron chi connectivity index (χ3n) is 2.42. The minimum atomic E-state index is -0.234. The van der Waals surface area contributed by atoms with E-state index in [9.17, 15) is 4.79 Å². The van der Waals surface area contributed by atoms with E-state index >= 15 is 0 Å². The fourth-order valence-electron chi connectivity index (χ4n) is 1.60. The smallest absolute Gasteiger partial charge is 0.258 e. The highest BCUT2D eigenvalue weighted by Gasteiger charge is 2.19. The Morgan fingerprint density at radius 2 is 2.30 bits per heavy atom. The van der Waals surface area contributed by atoms with Gasteiger partial charge in [-0.1, -0.05) is 0 Å². The van der Waals surface area contributed by atoms with Gasteiger partial charge in [0, 0.05) is 13.1 Å². The SMILES string of the molecule is CC(C)NC(=O)c1c(N)nsc1NCc1ncn(C)n1. The zero-order valence-corrected chi connectivity index (χ0v) is 12.4. The van der Waals surface area contributed by atoms with Crippen LogP contribution < -0.4 is 16.4 Å². The Hall–Kier alpha value is -2.16. The molecule has 2 aromatic rings. The molecule has 0 fully saturated rings. The molecule has 2 rings (SSSR count). The van der Waals surface area contributed by atoms with Crippen LogP contribution in [-0.4, -0.2) is 31.1 Å². The van der Waals surface area contributed by atoms with Crippen molar-refractivity contribution in [3.05, 3.63) is 17.7 Å². The summed E-state index contributed by atoms with van der Waals surface area (Å²) in [6.07, 6.45) is 1.62. The highest BCUT2D eigenvalue weighted by molar-refractivity contribution is 7.11. The molecule has 20 heavy (non-hydrogen) atoms. The lowest BCUT2D eigenvalue weighted by molar-refractivity contribution is 0.0945. The molecule has 2 heterocycles. The molecule has 108 valence electrons. The average molecular weight is 295 g/mol. The Labute approximate surface area is 120 Å². The molecular formula is C11H17N7OS. The van der Waals surface area contributed by atoms with Gasteiger partial charge in [0.15, 0.2) is 11.6 Å². The van der Waals surface area contributed by atoms with Crippen LogP contribution in [0.25, 0.3) is 0 Å². The van der Waals surface area contributed by atoms with Crippen molar-refractivity contribution in [1.82, 2.24) is 24.5 Å². The number of aryl methyl sites for hydroxylation is 1. The molecule has 8 nitrogen and oxygen atoms in total. The van der Waals surface area contributed by atoms with Gasteiger partial charge in [-0.05, 0) is 25.4 Å². The summed E-state index contributed by atoms with van der Waals surface area (Å²) < 4.78 is 5.63. The highest BCUT2D eigenvalue weighted by atomic mass is 32.1. The van der Waals surface area contributed by atoms with Crippen LogP contribution in [0.3, 0.4) is 0 Å². The number of nitrogen functional groups attached to an aromatic ring is 1. The minimum absolute atomic E-state index is 0.0344. The molecule has 0 unspecified atom stereocenters. The molecule has 2 aromatic heterocycles. The van der Waals surface area contributed by atoms with Gasteiger partial charge in [0.1, 0.15) is 16.9 Å². The third-order valence-corrected chi connectivity index (χ3v) is 3.24. The molecule has 9 heteroatoms. The molecule has 0 atom stereocenters. The Balaban J connectivity index is 2.10. The van der Waals surface area contributed by atoms with E-state index in [-0.39, 0.29) is 17.8 Å². The summed E-state index contributed by atoms with van der Waals surface area (Å²) >= 11 is 1.15. The van der Waals surface area contributed by atoms with Crippen molar-refractivity contribution in [3.63, 3.8) is 0 Å². The van der Waals surface area contributed by atoms with Crippen molar-refractivity contribution in [2.45, 2.75) is 26.4 Å². The van der Waals surface area contributed by atoms with E-state index in [1.165, 1.54) is 0 Å². The van der Waals surface area contributed by atoms with Gasteiger partial charge < -0.3 is 16.4 Å². The number of carbonyl (C=O) groups excluding carboxylic acids is 1. The summed E-state index contributed by atoms with van der Waals surface area (Å²) in [5, 5.41) is 10.7. The first-order valence-electron chi connectivity index (χ1n) is 6.11. The molecule has 4 N–H and O–H groups in total. The molecular weight excluding hydrogens is 278 g/mol. The normalized spacial score (nSPS) is 10.8. The lowest BCUT2D eigenvalue weighted by atomic mass is 10.2. The molecule has 0 aliphatic carbocycles. The monoisotopic (exact) mass is 295 g/mol. The molecule has 0 saturated heterocycles. The topological polar surface area (TPSA) is 111 Å². The third kappa shape index (κ3) is 3.23. The van der Waals surface area contributed by atoms with Crippen LogP contribution in [-0.2, 0) is 13.6 Å². The second-order valence-electron chi connectivity index (χ2n) is 4.59. The van der Waals surface area contributed by atoms with Gasteiger partial charge in [0.2, 0.25) is 0 Å². The number of nitrogens with two attached hydrogens (primary N) is 1. The van der Waals surface area contributed by atoms with Crippen molar-refractivity contribution in [3.8, 4) is 0 Å². The van der Waals surface area contributed by atoms with Crippen molar-refractivity contribution < 1.29 is 4.79 Å². The van der Waals surface area contributed by atoms with Crippen LogP contribution in [0.2, 0.25) is 0 Å². The summed E-state index contributed by atoms with van der Waals surface area (Å²) in [7, 11) is 1.79. The highest BCUT2D eigenvalue weighted by Crippen LogP contribution is 2.27. The molecule has 0 aliphatic rings. The van der Waals surface area contributed by atoms with Crippen LogP contribution in [0.5, 0.6) is 0 Å². The van der Waals surface area contributed by atoms with E-state index in [1.807, 2.05) is 13.8 Å². The van der Waals surface area contributed by atoms with Gasteiger partial charge >= 0.3 is 0 Å². The number of aromatic nitrogens is 4. The Kier molecular flexibility index (Phi) is 4.18. The number of carbonyl (C=O) groups is 1. The number of anilines is 2. The fourth-order valence-corrected chi connectivity index (χ4v) is 2.31. The van der Waals surface area contributed by atoms with Gasteiger partial charge in [-0.25, -0.2) is 4.98 Å². The summed E-state index contributed by atoms with van der Waals surface area (Å²) in [5.74, 6) is 0.627. The van der Waals surface area contributed by atoms with E-state index in [1.54, 1.807) is 18.1 Å². The van der Waals surface area contributed by atoms with Gasteiger partial charge in [0.05, 0.1) is 6.54 Å². The molecule has 0 aliphatic heterocycles. The maximum absolute atomic E-state index is 12.1. The van der Waals surface area contributed by atoms with E-state index in [0.29, 0.717) is 22.9 Å². The number of nitrogens with zero attached hydrogens (tertiary/aromatic N) is 4. The molecule has 0 bridgehead atoms. The van der Waals surface area contributed by atoms with Crippen molar-refractivity contribution in [2.75, 3.05) is 11.1 Å². The predicted octanol–water partition coefficient (Wildman–Crippen LogP) is 0.604. The van der Waals surface area contributed by atoms with Crippen molar-refractivity contribution in [1.29, 1.82) is 0 Å². The second-order valence-corrected chi connectivity index (χ2v) is 5.36. The first kappa shape index (κ1) is 14.3. The zero-order chi connectivity index (χ0) is 14.7. The number of hydrogen-bond donors (Lipinski definition) is 3. The quantitative estimate of drug-likeness (QED) is 0.745. The number of rotatable bonds is 5. The Morgan fingerprint density at radius 1 is 1.55 bits per heavy atom. The number of amides is 1. The molecule has 0 spiro atoms. The van der Waals surface area contributed by atoms with E-state index in [4.69, 9.17) is 5.73 Å². The predicted molar refractivity (Wildman–Crippen MR) is 77.5 cm³/mol. The lowest BCUT2D eigenvalue weighted by Gasteiger charge is -2.09. The van der Waals surface area contributed by atoms with E-state index in [2.05, 4.69) is 25.1 Å². The van der Waals surface area contributed by atoms with Gasteiger partial charge in [-0.15, -0.1) is 0 Å². The first-order chi connectivity index (χ1) is 9.47. The molecule has 1 amide bonds. The summed E-state index contributed by atoms with van der Waals surface area (Å²) in [6, 6.07) is 0.0344. The summed E-state index contributed by atoms with van der Waals surface area (Å²) in [5.41, 5.74) is 6.13. The largest absolute Gasteiger partial charge is 0.382 e. The van der Waals surface area contributed by atoms with E-state index < -0.39 is 0 Å². The Morgan fingerprint density at radius 3 is 2.90 bits per heavy atom. The van der Waals surface area contributed by atoms with Crippen molar-refractivity contribution >= 4 is 28.3 Å². The first-order valence-corrected chi connectivity index (χ1v) is 6.89. The number of hydrogen-bond acceptors (Lipinski definition) is 7.